The largest absolute Gasteiger partial charge is 0.493 e. The summed E-state index contributed by atoms with van der Waals surface area (Å²) < 4.78 is 39.6. The van der Waals surface area contributed by atoms with Crippen LogP contribution in [0.3, 0.4) is 0 Å². The fourth-order valence-corrected chi connectivity index (χ4v) is 5.75. The maximum Gasteiger partial charge on any atom is 0.264 e. The maximum absolute atomic E-state index is 14.0. The summed E-state index contributed by atoms with van der Waals surface area (Å²) in [6, 6.07) is 18.4. The van der Waals surface area contributed by atoms with E-state index in [1.165, 1.54) is 43.4 Å². The molecule has 0 aliphatic heterocycles. The standard InChI is InChI=1S/C30H36ClN3O6S/c1-6-21(2)32-30(36)22(3)33(19-23-11-10-12-24(31)17-23)29(35)20-34(41(37,38)26-13-8-7-9-14-26)25-15-16-27(39-4)28(18-25)40-5/h7-18,21-22H,6,19-20H2,1-5H3,(H,32,36)/t21-,22+/m0/s1. The van der Waals surface area contributed by atoms with Gasteiger partial charge >= 0.3 is 0 Å². The average Bonchev–Trinajstić information content (AvgIpc) is 2.98. The van der Waals surface area contributed by atoms with E-state index in [1.54, 1.807) is 55.5 Å². The van der Waals surface area contributed by atoms with E-state index in [9.17, 15) is 18.0 Å². The lowest BCUT2D eigenvalue weighted by molar-refractivity contribution is -0.139. The Bertz CT molecular complexity index is 1450. The van der Waals surface area contributed by atoms with Gasteiger partial charge in [0.1, 0.15) is 12.6 Å². The molecule has 3 rings (SSSR count). The third kappa shape index (κ3) is 7.92. The van der Waals surface area contributed by atoms with Crippen molar-refractivity contribution >= 4 is 39.1 Å². The number of hydrogen-bond acceptors (Lipinski definition) is 6. The number of nitrogens with zero attached hydrogens (tertiary/aromatic N) is 2. The number of rotatable bonds is 13. The highest BCUT2D eigenvalue weighted by atomic mass is 35.5. The number of amides is 2. The zero-order chi connectivity index (χ0) is 30.2. The third-order valence-electron chi connectivity index (χ3n) is 6.68. The van der Waals surface area contributed by atoms with Crippen LogP contribution >= 0.6 is 11.6 Å². The summed E-state index contributed by atoms with van der Waals surface area (Å²) in [4.78, 5) is 28.5. The molecular formula is C30H36ClN3O6S. The molecule has 0 saturated heterocycles. The lowest BCUT2D eigenvalue weighted by Crippen LogP contribution is -2.52. The highest BCUT2D eigenvalue weighted by molar-refractivity contribution is 7.92. The summed E-state index contributed by atoms with van der Waals surface area (Å²) in [5.41, 5.74) is 0.886. The van der Waals surface area contributed by atoms with Crippen molar-refractivity contribution in [3.63, 3.8) is 0 Å². The molecule has 2 amide bonds. The molecule has 0 aromatic heterocycles. The number of nitrogens with one attached hydrogen (secondary N) is 1. The van der Waals surface area contributed by atoms with Gasteiger partial charge in [-0.3, -0.25) is 13.9 Å². The van der Waals surface area contributed by atoms with Crippen molar-refractivity contribution < 1.29 is 27.5 Å². The van der Waals surface area contributed by atoms with Crippen molar-refractivity contribution in [2.24, 2.45) is 0 Å². The molecule has 0 bridgehead atoms. The molecule has 0 aliphatic rings. The van der Waals surface area contributed by atoms with Crippen LogP contribution in [0.1, 0.15) is 32.8 Å². The van der Waals surface area contributed by atoms with Crippen LogP contribution in [0, 0.1) is 0 Å². The first-order valence-corrected chi connectivity index (χ1v) is 15.0. The zero-order valence-electron chi connectivity index (χ0n) is 23.8. The van der Waals surface area contributed by atoms with Gasteiger partial charge < -0.3 is 19.7 Å². The number of hydrogen-bond donors (Lipinski definition) is 1. The lowest BCUT2D eigenvalue weighted by atomic mass is 10.1. The molecule has 0 saturated carbocycles. The van der Waals surface area contributed by atoms with Crippen LogP contribution in [0.4, 0.5) is 5.69 Å². The lowest BCUT2D eigenvalue weighted by Gasteiger charge is -2.32. The van der Waals surface area contributed by atoms with E-state index in [4.69, 9.17) is 21.1 Å². The van der Waals surface area contributed by atoms with Gasteiger partial charge in [-0.05, 0) is 62.2 Å². The molecule has 0 unspecified atom stereocenters. The maximum atomic E-state index is 14.0. The van der Waals surface area contributed by atoms with E-state index in [0.29, 0.717) is 28.5 Å². The van der Waals surface area contributed by atoms with Crippen LogP contribution in [0.25, 0.3) is 0 Å². The van der Waals surface area contributed by atoms with Gasteiger partial charge in [-0.15, -0.1) is 0 Å². The Kier molecular flexibility index (Phi) is 11.0. The Morgan fingerprint density at radius 3 is 2.22 bits per heavy atom. The number of halogens is 1. The van der Waals surface area contributed by atoms with E-state index >= 15 is 0 Å². The van der Waals surface area contributed by atoms with E-state index in [1.807, 2.05) is 13.8 Å². The monoisotopic (exact) mass is 601 g/mol. The summed E-state index contributed by atoms with van der Waals surface area (Å²) in [5.74, 6) is -0.232. The summed E-state index contributed by atoms with van der Waals surface area (Å²) >= 11 is 6.19. The molecule has 0 aliphatic carbocycles. The highest BCUT2D eigenvalue weighted by Crippen LogP contribution is 2.34. The highest BCUT2D eigenvalue weighted by Gasteiger charge is 2.33. The molecule has 0 fully saturated rings. The second kappa shape index (κ2) is 14.2. The molecule has 2 atom stereocenters. The SMILES string of the molecule is CC[C@H](C)NC(=O)[C@@H](C)N(Cc1cccc(Cl)c1)C(=O)CN(c1ccc(OC)c(OC)c1)S(=O)(=O)c1ccccc1. The number of carbonyl (C=O) groups excluding carboxylic acids is 2. The topological polar surface area (TPSA) is 105 Å². The minimum atomic E-state index is -4.21. The van der Waals surface area contributed by atoms with Crippen molar-refractivity contribution in [2.75, 3.05) is 25.1 Å². The molecule has 9 nitrogen and oxygen atoms in total. The molecule has 0 heterocycles. The fraction of sp³-hybridized carbons (Fsp3) is 0.333. The van der Waals surface area contributed by atoms with E-state index in [0.717, 1.165) is 4.31 Å². The normalized spacial score (nSPS) is 12.6. The third-order valence-corrected chi connectivity index (χ3v) is 8.70. The van der Waals surface area contributed by atoms with Gasteiger partial charge in [-0.1, -0.05) is 48.9 Å². The Labute approximate surface area is 247 Å². The molecule has 0 radical (unpaired) electrons. The second-order valence-corrected chi connectivity index (χ2v) is 11.8. The van der Waals surface area contributed by atoms with Crippen LogP contribution in [0.15, 0.2) is 77.7 Å². The predicted molar refractivity (Wildman–Crippen MR) is 160 cm³/mol. The van der Waals surface area contributed by atoms with Crippen LogP contribution in [0.2, 0.25) is 5.02 Å². The van der Waals surface area contributed by atoms with Crippen molar-refractivity contribution in [2.45, 2.75) is 50.7 Å². The number of carbonyl (C=O) groups is 2. The van der Waals surface area contributed by atoms with Gasteiger partial charge in [-0.2, -0.15) is 0 Å². The molecule has 220 valence electrons. The Hall–Kier alpha value is -3.76. The van der Waals surface area contributed by atoms with Crippen LogP contribution in [-0.4, -0.2) is 58.0 Å². The van der Waals surface area contributed by atoms with Crippen molar-refractivity contribution in [3.8, 4) is 11.5 Å². The van der Waals surface area contributed by atoms with Crippen LogP contribution in [0.5, 0.6) is 11.5 Å². The number of sulfonamides is 1. The number of benzene rings is 3. The van der Waals surface area contributed by atoms with Gasteiger partial charge in [0.2, 0.25) is 11.8 Å². The number of methoxy groups -OCH3 is 2. The smallest absolute Gasteiger partial charge is 0.264 e. The van der Waals surface area contributed by atoms with Gasteiger partial charge in [0, 0.05) is 23.7 Å². The van der Waals surface area contributed by atoms with Gasteiger partial charge in [-0.25, -0.2) is 8.42 Å². The Morgan fingerprint density at radius 2 is 1.61 bits per heavy atom. The Balaban J connectivity index is 2.07. The first-order valence-electron chi connectivity index (χ1n) is 13.2. The van der Waals surface area contributed by atoms with Crippen molar-refractivity contribution in [3.05, 3.63) is 83.4 Å². The van der Waals surface area contributed by atoms with Gasteiger partial charge in [0.15, 0.2) is 11.5 Å². The van der Waals surface area contributed by atoms with Gasteiger partial charge in [0.25, 0.3) is 10.0 Å². The minimum absolute atomic E-state index is 0.00605. The summed E-state index contributed by atoms with van der Waals surface area (Å²) in [7, 11) is -1.30. The summed E-state index contributed by atoms with van der Waals surface area (Å²) in [5, 5.41) is 3.39. The van der Waals surface area contributed by atoms with E-state index in [-0.39, 0.29) is 29.1 Å². The molecule has 0 spiro atoms. The first-order chi connectivity index (χ1) is 19.5. The van der Waals surface area contributed by atoms with Crippen molar-refractivity contribution in [1.82, 2.24) is 10.2 Å². The summed E-state index contributed by atoms with van der Waals surface area (Å²) in [6.07, 6.45) is 0.711. The van der Waals surface area contributed by atoms with Gasteiger partial charge in [0.05, 0.1) is 24.8 Å². The fourth-order valence-electron chi connectivity index (χ4n) is 4.11. The molecule has 3 aromatic carbocycles. The quantitative estimate of drug-likeness (QED) is 0.299. The minimum Gasteiger partial charge on any atom is -0.493 e. The van der Waals surface area contributed by atoms with E-state index in [2.05, 4.69) is 5.32 Å². The van der Waals surface area contributed by atoms with Crippen LogP contribution in [-0.2, 0) is 26.2 Å². The molecular weight excluding hydrogens is 566 g/mol. The predicted octanol–water partition coefficient (Wildman–Crippen LogP) is 4.88. The molecule has 3 aromatic rings. The second-order valence-electron chi connectivity index (χ2n) is 9.51. The molecule has 11 heteroatoms. The summed E-state index contributed by atoms with van der Waals surface area (Å²) in [6.45, 7) is 4.90. The number of ether oxygens (including phenoxy) is 2. The van der Waals surface area contributed by atoms with E-state index < -0.39 is 28.5 Å². The number of anilines is 1. The van der Waals surface area contributed by atoms with Crippen molar-refractivity contribution in [1.29, 1.82) is 0 Å². The Morgan fingerprint density at radius 1 is 0.927 bits per heavy atom. The zero-order valence-corrected chi connectivity index (χ0v) is 25.4. The molecule has 41 heavy (non-hydrogen) atoms. The average molecular weight is 602 g/mol. The molecule has 1 N–H and O–H groups in total. The first kappa shape index (κ1) is 31.8. The van der Waals surface area contributed by atoms with Crippen LogP contribution < -0.4 is 19.1 Å².